The number of benzene rings is 19. The highest BCUT2D eigenvalue weighted by molar-refractivity contribution is 6.15. The Balaban J connectivity index is 0.642. The van der Waals surface area contributed by atoms with E-state index in [0.29, 0.717) is 0 Å². The Morgan fingerprint density at radius 1 is 0.120 bits per heavy atom. The minimum Gasteiger partial charge on any atom is -0.311 e. The molecule has 0 heterocycles. The second kappa shape index (κ2) is 28.5. The number of hydrogen-bond donors (Lipinski definition) is 0. The molecular weight excluding hydrogens is 1300 g/mol. The first-order valence-electron chi connectivity index (χ1n) is 37.2. The summed E-state index contributed by atoms with van der Waals surface area (Å²) in [5.41, 5.74) is 30.1. The van der Waals surface area contributed by atoms with Gasteiger partial charge in [-0.1, -0.05) is 334 Å². The van der Waals surface area contributed by atoms with Gasteiger partial charge in [-0.3, -0.25) is 0 Å². The van der Waals surface area contributed by atoms with Crippen LogP contribution < -0.4 is 9.80 Å². The zero-order valence-electron chi connectivity index (χ0n) is 59.5. The summed E-state index contributed by atoms with van der Waals surface area (Å²) in [4.78, 5) is 4.75. The van der Waals surface area contributed by atoms with E-state index in [1.54, 1.807) is 0 Å². The summed E-state index contributed by atoms with van der Waals surface area (Å²) in [7, 11) is 0. The Kier molecular flexibility index (Phi) is 17.0. The van der Waals surface area contributed by atoms with Crippen molar-refractivity contribution in [3.63, 3.8) is 0 Å². The quantitative estimate of drug-likeness (QED) is 0.0890. The zero-order valence-corrected chi connectivity index (χ0v) is 59.5. The Bertz CT molecular complexity index is 6470. The van der Waals surface area contributed by atoms with Crippen molar-refractivity contribution in [2.24, 2.45) is 0 Å². The van der Waals surface area contributed by atoms with Crippen LogP contribution in [-0.4, -0.2) is 0 Å². The van der Waals surface area contributed by atoms with Crippen LogP contribution in [0.25, 0.3) is 154 Å². The van der Waals surface area contributed by atoms with Crippen molar-refractivity contribution < 1.29 is 0 Å². The number of hydrogen-bond acceptors (Lipinski definition) is 2. The molecule has 0 atom stereocenters. The molecule has 0 aliphatic rings. The van der Waals surface area contributed by atoms with Crippen LogP contribution >= 0.6 is 0 Å². The van der Waals surface area contributed by atoms with E-state index >= 15 is 0 Å². The molecule has 0 radical (unpaired) electrons. The molecule has 0 amide bonds. The molecule has 0 aliphatic carbocycles. The molecule has 2 heteroatoms. The molecule has 0 saturated carbocycles. The van der Waals surface area contributed by atoms with E-state index < -0.39 is 0 Å². The molecule has 19 aromatic rings. The number of fused-ring (bicyclic) bond motifs is 5. The van der Waals surface area contributed by atoms with Gasteiger partial charge in [-0.05, 0) is 252 Å². The predicted octanol–water partition coefficient (Wildman–Crippen LogP) is 29.9. The van der Waals surface area contributed by atoms with Gasteiger partial charge in [0.05, 0.1) is 5.69 Å². The normalized spacial score (nSPS) is 11.3. The monoisotopic (exact) mass is 1370 g/mol. The Morgan fingerprint density at radius 3 is 1.04 bits per heavy atom. The maximum Gasteiger partial charge on any atom is 0.0540 e. The third-order valence-electron chi connectivity index (χ3n) is 21.5. The van der Waals surface area contributed by atoms with E-state index in [-0.39, 0.29) is 0 Å². The summed E-state index contributed by atoms with van der Waals surface area (Å²) in [5.74, 6) is 0. The second-order valence-corrected chi connectivity index (χ2v) is 27.9. The summed E-state index contributed by atoms with van der Waals surface area (Å²) in [6.45, 7) is 0. The Morgan fingerprint density at radius 2 is 0.463 bits per heavy atom. The van der Waals surface area contributed by atoms with E-state index in [4.69, 9.17) is 0 Å². The van der Waals surface area contributed by atoms with Gasteiger partial charge in [-0.2, -0.15) is 0 Å². The van der Waals surface area contributed by atoms with Crippen LogP contribution in [0.2, 0.25) is 0 Å². The van der Waals surface area contributed by atoms with Gasteiger partial charge >= 0.3 is 0 Å². The van der Waals surface area contributed by atoms with Gasteiger partial charge in [0, 0.05) is 34.0 Å². The van der Waals surface area contributed by atoms with Crippen molar-refractivity contribution in [2.75, 3.05) is 9.80 Å². The summed E-state index contributed by atoms with van der Waals surface area (Å²) < 4.78 is 0. The Hall–Kier alpha value is -14.2. The summed E-state index contributed by atoms with van der Waals surface area (Å²) in [6.07, 6.45) is 0. The van der Waals surface area contributed by atoms with Gasteiger partial charge in [0.25, 0.3) is 0 Å². The highest BCUT2D eigenvalue weighted by Gasteiger charge is 2.22. The van der Waals surface area contributed by atoms with Gasteiger partial charge in [0.15, 0.2) is 0 Å². The highest BCUT2D eigenvalue weighted by atomic mass is 15.1. The van der Waals surface area contributed by atoms with Crippen molar-refractivity contribution in [3.05, 3.63) is 437 Å². The lowest BCUT2D eigenvalue weighted by Crippen LogP contribution is -2.11. The van der Waals surface area contributed by atoms with Crippen molar-refractivity contribution >= 4 is 77.2 Å². The summed E-state index contributed by atoms with van der Waals surface area (Å²) in [5, 5.41) is 9.75. The number of anilines is 6. The average molecular weight is 1370 g/mol. The van der Waals surface area contributed by atoms with E-state index in [9.17, 15) is 0 Å². The van der Waals surface area contributed by atoms with Gasteiger partial charge in [0.2, 0.25) is 0 Å². The first-order valence-corrected chi connectivity index (χ1v) is 37.2. The lowest BCUT2D eigenvalue weighted by molar-refractivity contribution is 1.28. The van der Waals surface area contributed by atoms with Crippen LogP contribution in [0.3, 0.4) is 0 Å². The van der Waals surface area contributed by atoms with Gasteiger partial charge in [-0.25, -0.2) is 0 Å². The van der Waals surface area contributed by atoms with Crippen LogP contribution in [0.15, 0.2) is 437 Å². The smallest absolute Gasteiger partial charge is 0.0540 e. The molecule has 0 fully saturated rings. The molecule has 108 heavy (non-hydrogen) atoms. The SMILES string of the molecule is c1ccc(-c2ccc(N(c3ccc(-c4ccc(-c5cc(-c6ccc7cc(-c8ccc(N(c9ccccc9)c9ccc(-c%10ccc(-c%11cccc%12ccccc%11%12)c(-c%11ccccc%11)c%10)cc9)cc8)c8ccccc8c7c6)cc6ccccc56)c(-c5ccccc5)c4)cc3)c3ccccc3-c3ccccc3)cc2)cc1. The maximum absolute atomic E-state index is 2.42. The van der Waals surface area contributed by atoms with Crippen LogP contribution in [0, 0.1) is 0 Å². The van der Waals surface area contributed by atoms with Crippen LogP contribution in [0.5, 0.6) is 0 Å². The third kappa shape index (κ3) is 12.4. The minimum absolute atomic E-state index is 1.07. The predicted molar refractivity (Wildman–Crippen MR) is 460 cm³/mol. The standard InChI is InChI=1S/C106H72N2/c1-6-25-73(26-7-1)74-47-59-91(60-48-74)108(106-44-23-22-40-95(106)78-27-8-2-9-28-78)92-61-51-76(52-62-92)83-56-66-100(102(69-83)80-31-12-4-13-32-80)105-72-87(67-85-34-17-19-39-94(85)105)84-45-46-86-71-103(97-41-20-21-42-98(97)104(86)70-84)81-53-63-90(64-54-81)107(88-36-14-5-15-37-88)89-57-49-75(50-58-89)82-55-65-99(101(68-82)79-29-10-3-11-30-79)96-43-24-35-77-33-16-18-38-93(77)96/h1-72H. The second-order valence-electron chi connectivity index (χ2n) is 27.9. The van der Waals surface area contributed by atoms with Crippen molar-refractivity contribution in [1.82, 2.24) is 0 Å². The van der Waals surface area contributed by atoms with Crippen LogP contribution in [0.1, 0.15) is 0 Å². The van der Waals surface area contributed by atoms with Crippen LogP contribution in [-0.2, 0) is 0 Å². The number of nitrogens with zero attached hydrogens (tertiary/aromatic N) is 2. The largest absolute Gasteiger partial charge is 0.311 e. The molecule has 19 aromatic carbocycles. The molecule has 0 unspecified atom stereocenters. The minimum atomic E-state index is 1.07. The van der Waals surface area contributed by atoms with Gasteiger partial charge < -0.3 is 9.80 Å². The molecule has 0 saturated heterocycles. The molecule has 19 rings (SSSR count). The third-order valence-corrected chi connectivity index (χ3v) is 21.5. The zero-order chi connectivity index (χ0) is 71.7. The Labute approximate surface area is 630 Å². The molecule has 0 spiro atoms. The lowest BCUT2D eigenvalue weighted by atomic mass is 9.86. The molecular formula is C106H72N2. The average Bonchev–Trinajstić information content (AvgIpc) is 0.764. The number of para-hydroxylation sites is 2. The van der Waals surface area contributed by atoms with E-state index in [1.165, 1.54) is 127 Å². The van der Waals surface area contributed by atoms with Crippen molar-refractivity contribution in [3.8, 4) is 111 Å². The highest BCUT2D eigenvalue weighted by Crippen LogP contribution is 2.48. The molecule has 0 bridgehead atoms. The first-order chi connectivity index (χ1) is 53.5. The first kappa shape index (κ1) is 64.6. The van der Waals surface area contributed by atoms with Crippen molar-refractivity contribution in [2.45, 2.75) is 0 Å². The fourth-order valence-electron chi connectivity index (χ4n) is 16.1. The maximum atomic E-state index is 2.42. The van der Waals surface area contributed by atoms with Crippen molar-refractivity contribution in [1.29, 1.82) is 0 Å². The molecule has 0 aromatic heterocycles. The van der Waals surface area contributed by atoms with Gasteiger partial charge in [-0.15, -0.1) is 0 Å². The van der Waals surface area contributed by atoms with Crippen LogP contribution in [0.4, 0.5) is 34.1 Å². The molecule has 0 aliphatic heterocycles. The fraction of sp³-hybridized carbons (Fsp3) is 0. The fourth-order valence-corrected chi connectivity index (χ4v) is 16.1. The molecule has 506 valence electrons. The molecule has 0 N–H and O–H groups in total. The van der Waals surface area contributed by atoms with Gasteiger partial charge in [0.1, 0.15) is 0 Å². The van der Waals surface area contributed by atoms with E-state index in [1.807, 2.05) is 0 Å². The number of rotatable bonds is 16. The lowest BCUT2D eigenvalue weighted by Gasteiger charge is -2.28. The summed E-state index contributed by atoms with van der Waals surface area (Å²) in [6, 6.07) is 160. The van der Waals surface area contributed by atoms with E-state index in [2.05, 4.69) is 447 Å². The summed E-state index contributed by atoms with van der Waals surface area (Å²) >= 11 is 0. The topological polar surface area (TPSA) is 6.48 Å². The van der Waals surface area contributed by atoms with E-state index in [0.717, 1.165) is 61.9 Å². The molecule has 2 nitrogen and oxygen atoms in total.